The first kappa shape index (κ1) is 24.9. The van der Waals surface area contributed by atoms with Gasteiger partial charge in [0.05, 0.1) is 29.0 Å². The van der Waals surface area contributed by atoms with Gasteiger partial charge >= 0.3 is 5.97 Å². The Morgan fingerprint density at radius 2 is 2.08 bits per heavy atom. The number of aromatic nitrogens is 2. The van der Waals surface area contributed by atoms with Crippen LogP contribution in [0.4, 0.5) is 0 Å². The second-order valence-electron chi connectivity index (χ2n) is 9.38. The molecule has 0 aliphatic carbocycles. The fraction of sp³-hybridized carbons (Fsp3) is 0.385. The van der Waals surface area contributed by atoms with E-state index in [2.05, 4.69) is 21.6 Å². The first-order chi connectivity index (χ1) is 17.9. The minimum atomic E-state index is -1.48. The average Bonchev–Trinajstić information content (AvgIpc) is 3.23. The smallest absolute Gasteiger partial charge is 0.340 e. The Labute approximate surface area is 213 Å². The zero-order valence-corrected chi connectivity index (χ0v) is 20.7. The molecular weight excluding hydrogens is 478 g/mol. The number of cyclic esters (lactones) is 1. The van der Waals surface area contributed by atoms with E-state index in [4.69, 9.17) is 14.5 Å². The maximum Gasteiger partial charge on any atom is 0.340 e. The summed E-state index contributed by atoms with van der Waals surface area (Å²) in [6.45, 7) is 3.13. The Balaban J connectivity index is 1.48. The summed E-state index contributed by atoms with van der Waals surface area (Å²) in [6, 6.07) is 7.54. The van der Waals surface area contributed by atoms with Crippen LogP contribution in [0.1, 0.15) is 28.4 Å². The van der Waals surface area contributed by atoms with Gasteiger partial charge in [0.15, 0.2) is 6.10 Å². The van der Waals surface area contributed by atoms with E-state index in [0.717, 1.165) is 27.8 Å². The summed E-state index contributed by atoms with van der Waals surface area (Å²) >= 11 is 0. The third-order valence-electron chi connectivity index (χ3n) is 6.57. The van der Waals surface area contributed by atoms with Crippen molar-refractivity contribution in [2.24, 2.45) is 0 Å². The molecule has 1 aromatic carbocycles. The number of aliphatic hydroxyl groups is 1. The topological polar surface area (TPSA) is 135 Å². The lowest BCUT2D eigenvalue weighted by molar-refractivity contribution is -0.157. The van der Waals surface area contributed by atoms with E-state index in [1.165, 1.54) is 0 Å². The summed E-state index contributed by atoms with van der Waals surface area (Å²) < 4.78 is 12.7. The molecule has 0 radical (unpaired) electrons. The minimum Gasteiger partial charge on any atom is -0.492 e. The molecule has 2 aromatic heterocycles. The molecule has 1 atom stereocenters. The summed E-state index contributed by atoms with van der Waals surface area (Å²) in [7, 11) is 3.97. The highest BCUT2D eigenvalue weighted by Crippen LogP contribution is 2.37. The van der Waals surface area contributed by atoms with Gasteiger partial charge in [-0.25, -0.2) is 9.78 Å². The van der Waals surface area contributed by atoms with Crippen molar-refractivity contribution in [1.29, 1.82) is 0 Å². The molecule has 1 unspecified atom stereocenters. The van der Waals surface area contributed by atoms with E-state index in [-0.39, 0.29) is 17.7 Å². The van der Waals surface area contributed by atoms with Gasteiger partial charge in [-0.1, -0.05) is 0 Å². The van der Waals surface area contributed by atoms with Gasteiger partial charge in [-0.15, -0.1) is 0 Å². The average molecular weight is 508 g/mol. The van der Waals surface area contributed by atoms with Crippen LogP contribution in [0.3, 0.4) is 0 Å². The fourth-order valence-electron chi connectivity index (χ4n) is 4.83. The normalized spacial score (nSPS) is 15.8. The summed E-state index contributed by atoms with van der Waals surface area (Å²) in [4.78, 5) is 42.4. The number of carbonyl (C=O) groups is 2. The number of nitrogens with one attached hydrogen (secondary N) is 2. The van der Waals surface area contributed by atoms with Gasteiger partial charge < -0.3 is 34.7 Å². The van der Waals surface area contributed by atoms with Crippen molar-refractivity contribution in [2.45, 2.75) is 25.8 Å². The number of fused-ring (bicyclic) bond motifs is 5. The summed E-state index contributed by atoms with van der Waals surface area (Å²) in [6.07, 6.45) is -0.804. The summed E-state index contributed by atoms with van der Waals surface area (Å²) in [5, 5.41) is 17.1. The Bertz CT molecular complexity index is 1430. The van der Waals surface area contributed by atoms with Crippen molar-refractivity contribution in [1.82, 2.24) is 25.1 Å². The van der Waals surface area contributed by atoms with Crippen LogP contribution in [-0.4, -0.2) is 72.3 Å². The molecule has 2 aliphatic heterocycles. The second-order valence-corrected chi connectivity index (χ2v) is 9.38. The molecule has 2 aliphatic rings. The predicted molar refractivity (Wildman–Crippen MR) is 135 cm³/mol. The van der Waals surface area contributed by atoms with Crippen molar-refractivity contribution in [3.63, 3.8) is 0 Å². The number of ether oxygens (including phenoxy) is 2. The highest BCUT2D eigenvalue weighted by molar-refractivity contribution is 5.89. The molecule has 0 saturated heterocycles. The van der Waals surface area contributed by atoms with Gasteiger partial charge in [-0.05, 0) is 38.4 Å². The van der Waals surface area contributed by atoms with Crippen LogP contribution in [0.15, 0.2) is 29.1 Å². The van der Waals surface area contributed by atoms with Crippen LogP contribution in [0.5, 0.6) is 5.75 Å². The lowest BCUT2D eigenvalue weighted by atomic mass is 10.00. The van der Waals surface area contributed by atoms with Gasteiger partial charge in [-0.2, -0.15) is 0 Å². The number of hydrogen-bond acceptors (Lipinski definition) is 9. The van der Waals surface area contributed by atoms with Crippen LogP contribution in [0.25, 0.3) is 22.3 Å². The predicted octanol–water partition coefficient (Wildman–Crippen LogP) is 0.291. The number of carbonyl (C=O) groups excluding carboxylic acids is 2. The van der Waals surface area contributed by atoms with Crippen LogP contribution < -0.4 is 20.9 Å². The molecule has 0 spiro atoms. The van der Waals surface area contributed by atoms with E-state index in [9.17, 15) is 19.5 Å². The number of rotatable bonds is 10. The zero-order valence-electron chi connectivity index (χ0n) is 20.7. The first-order valence-corrected chi connectivity index (χ1v) is 12.1. The highest BCUT2D eigenvalue weighted by atomic mass is 16.5. The van der Waals surface area contributed by atoms with E-state index in [1.807, 2.05) is 26.2 Å². The Morgan fingerprint density at radius 1 is 1.24 bits per heavy atom. The van der Waals surface area contributed by atoms with Gasteiger partial charge in [-0.3, -0.25) is 9.59 Å². The van der Waals surface area contributed by atoms with Gasteiger partial charge in [0.25, 0.3) is 5.56 Å². The van der Waals surface area contributed by atoms with Crippen molar-refractivity contribution in [3.8, 4) is 17.1 Å². The number of aliphatic hydroxyl groups excluding tert-OH is 1. The van der Waals surface area contributed by atoms with E-state index in [1.54, 1.807) is 10.6 Å². The molecule has 3 N–H and O–H groups in total. The van der Waals surface area contributed by atoms with Crippen molar-refractivity contribution in [3.05, 3.63) is 56.9 Å². The molecular formula is C26H29N5O6. The van der Waals surface area contributed by atoms with Crippen molar-refractivity contribution < 1.29 is 24.2 Å². The zero-order chi connectivity index (χ0) is 26.1. The molecule has 0 saturated carbocycles. The SMILES string of the molecule is CN(C)Cc1c(OCCNCCNC=O)ccc2nc3c(cc12)Cn1c-3cc2c(c1=O)COC(=O)C2O. The quantitative estimate of drug-likeness (QED) is 0.157. The monoisotopic (exact) mass is 507 g/mol. The third-order valence-corrected chi connectivity index (χ3v) is 6.57. The van der Waals surface area contributed by atoms with Crippen LogP contribution in [-0.2, 0) is 34.0 Å². The maximum atomic E-state index is 13.2. The first-order valence-electron chi connectivity index (χ1n) is 12.1. The molecule has 0 bridgehead atoms. The van der Waals surface area contributed by atoms with E-state index in [0.29, 0.717) is 62.7 Å². The number of nitrogens with zero attached hydrogens (tertiary/aromatic N) is 3. The summed E-state index contributed by atoms with van der Waals surface area (Å²) in [5.41, 5.74) is 4.19. The van der Waals surface area contributed by atoms with Crippen LogP contribution in [0.2, 0.25) is 0 Å². The lowest BCUT2D eigenvalue weighted by Crippen LogP contribution is -2.32. The Hall–Kier alpha value is -3.80. The van der Waals surface area contributed by atoms with Crippen LogP contribution in [0, 0.1) is 0 Å². The summed E-state index contributed by atoms with van der Waals surface area (Å²) in [5.74, 6) is 0.00733. The Morgan fingerprint density at radius 3 is 2.86 bits per heavy atom. The van der Waals surface area contributed by atoms with Crippen molar-refractivity contribution >= 4 is 23.3 Å². The third kappa shape index (κ3) is 4.68. The van der Waals surface area contributed by atoms with E-state index < -0.39 is 12.1 Å². The van der Waals surface area contributed by atoms with E-state index >= 15 is 0 Å². The maximum absolute atomic E-state index is 13.2. The standard InChI is InChI=1S/C26H29N5O6/c1-30(2)12-18-16-9-15-11-31-21(10-17-19(25(31)34)13-37-26(35)24(17)33)23(15)29-20(16)3-4-22(18)36-8-7-27-5-6-28-14-32/h3-4,9-10,14,24,27,33H,5-8,11-13H2,1-2H3,(H,28,32). The molecule has 194 valence electrons. The molecule has 5 rings (SSSR count). The number of esters is 1. The minimum absolute atomic E-state index is 0.147. The number of pyridine rings is 2. The number of amides is 1. The second kappa shape index (κ2) is 10.3. The van der Waals surface area contributed by atoms with Gasteiger partial charge in [0.2, 0.25) is 6.41 Å². The van der Waals surface area contributed by atoms with Gasteiger partial charge in [0, 0.05) is 48.3 Å². The van der Waals surface area contributed by atoms with Crippen molar-refractivity contribution in [2.75, 3.05) is 40.3 Å². The highest BCUT2D eigenvalue weighted by Gasteiger charge is 2.34. The lowest BCUT2D eigenvalue weighted by Gasteiger charge is -2.21. The van der Waals surface area contributed by atoms with Gasteiger partial charge in [0.1, 0.15) is 19.0 Å². The molecule has 4 heterocycles. The number of benzene rings is 1. The molecule has 37 heavy (non-hydrogen) atoms. The molecule has 0 fully saturated rings. The fourth-order valence-corrected chi connectivity index (χ4v) is 4.83. The number of hydrogen-bond donors (Lipinski definition) is 3. The molecule has 3 aromatic rings. The molecule has 1 amide bonds. The Kier molecular flexibility index (Phi) is 6.92. The molecule has 11 heteroatoms. The molecule has 11 nitrogen and oxygen atoms in total. The van der Waals surface area contributed by atoms with Crippen LogP contribution >= 0.6 is 0 Å². The largest absolute Gasteiger partial charge is 0.492 e.